The Kier molecular flexibility index (Phi) is 6.12. The predicted molar refractivity (Wildman–Crippen MR) is 166 cm³/mol. The van der Waals surface area contributed by atoms with Gasteiger partial charge in [0.15, 0.2) is 0 Å². The average molecular weight is 595 g/mol. The molecule has 0 fully saturated rings. The number of rotatable bonds is 5. The molecule has 0 nitrogen and oxygen atoms in total. The fraction of sp³-hybridized carbons (Fsp3) is 0.400. The van der Waals surface area contributed by atoms with E-state index in [4.69, 9.17) is 0 Å². The van der Waals surface area contributed by atoms with Gasteiger partial charge in [0.25, 0.3) is 0 Å². The molecule has 0 amide bonds. The molecule has 0 N–H and O–H groups in total. The Balaban J connectivity index is 1.91. The van der Waals surface area contributed by atoms with Crippen molar-refractivity contribution in [3.63, 3.8) is 0 Å². The van der Waals surface area contributed by atoms with Crippen LogP contribution in [-0.4, -0.2) is 42.3 Å². The first-order chi connectivity index (χ1) is 16.3. The molecule has 0 spiro atoms. The van der Waals surface area contributed by atoms with E-state index < -0.39 is 24.2 Å². The summed E-state index contributed by atoms with van der Waals surface area (Å²) in [5, 5.41) is 0. The Bertz CT molecular complexity index is 1170. The molecule has 3 aromatic carbocycles. The van der Waals surface area contributed by atoms with Crippen molar-refractivity contribution in [2.45, 2.75) is 73.2 Å². The van der Waals surface area contributed by atoms with E-state index in [1.807, 2.05) is 0 Å². The zero-order valence-corrected chi connectivity index (χ0v) is 28.5. The van der Waals surface area contributed by atoms with Crippen molar-refractivity contribution in [2.75, 3.05) is 0 Å². The van der Waals surface area contributed by atoms with E-state index in [1.54, 1.807) is 40.2 Å². The van der Waals surface area contributed by atoms with Crippen LogP contribution in [0.3, 0.4) is 0 Å². The second-order valence-corrected chi connectivity index (χ2v) is 36.7. The van der Waals surface area contributed by atoms with Gasteiger partial charge in [0, 0.05) is 0 Å². The molecule has 0 unspecified atom stereocenters. The quantitative estimate of drug-likeness (QED) is 0.205. The molecule has 0 atom stereocenters. The molecule has 35 heavy (non-hydrogen) atoms. The first-order valence-electron chi connectivity index (χ1n) is 13.0. The molecule has 0 saturated heterocycles. The molecule has 182 valence electrons. The molecule has 3 aliphatic rings. The van der Waals surface area contributed by atoms with E-state index in [2.05, 4.69) is 132 Å². The van der Waals surface area contributed by atoms with Gasteiger partial charge < -0.3 is 0 Å². The molecule has 5 heteroatoms. The minimum atomic E-state index is -1.47. The zero-order valence-electron chi connectivity index (χ0n) is 22.9. The summed E-state index contributed by atoms with van der Waals surface area (Å²) >= 11 is 0.390. The SMILES string of the molecule is C[Si](C)(C)C(P=[Se+]C12c3ccccc3C(c3ccccc31)c1ccccc12)([Si](C)(C)C)[Si](C)(C)C. The molecular weight excluding hydrogens is 555 g/mol. The van der Waals surface area contributed by atoms with Crippen LogP contribution in [-0.2, 0) is 4.31 Å². The minimum absolute atomic E-state index is 0.0112. The second-order valence-electron chi connectivity index (χ2n) is 13.5. The van der Waals surface area contributed by atoms with Crippen LogP contribution in [0.5, 0.6) is 0 Å². The summed E-state index contributed by atoms with van der Waals surface area (Å²) in [6, 6.07) is 28.4. The van der Waals surface area contributed by atoms with Crippen molar-refractivity contribution >= 4 is 45.1 Å². The summed E-state index contributed by atoms with van der Waals surface area (Å²) in [5.41, 5.74) is 9.48. The standard InChI is InChI=1S/C30H40PSeSi3/c1-33(2,3)30(34(4,5)6,35(7,8)9)31-32-29-25-19-13-10-16-22(25)28(23-17-11-14-20-26(23)29)24-18-12-15-21-27(24)29/h10-21,28H,1-9H3/q+1. The van der Waals surface area contributed by atoms with Crippen LogP contribution >= 0.6 is 6.83 Å². The van der Waals surface area contributed by atoms with Gasteiger partial charge in [-0.05, 0) is 0 Å². The van der Waals surface area contributed by atoms with Gasteiger partial charge in [0.1, 0.15) is 0 Å². The molecular formula is C30H40PSeSi3+. The predicted octanol–water partition coefficient (Wildman–Crippen LogP) is 8.72. The van der Waals surface area contributed by atoms with Gasteiger partial charge in [-0.1, -0.05) is 0 Å². The first kappa shape index (κ1) is 25.8. The Labute approximate surface area is 223 Å². The van der Waals surface area contributed by atoms with E-state index in [0.29, 0.717) is 24.0 Å². The van der Waals surface area contributed by atoms with Gasteiger partial charge in [0.2, 0.25) is 0 Å². The third kappa shape index (κ3) is 3.47. The van der Waals surface area contributed by atoms with Crippen molar-refractivity contribution in [3.05, 3.63) is 106 Å². The Hall–Kier alpha value is -0.870. The fourth-order valence-corrected chi connectivity index (χ4v) is 61.5. The van der Waals surface area contributed by atoms with E-state index in [-0.39, 0.29) is 4.31 Å². The Morgan fingerprint density at radius 1 is 0.571 bits per heavy atom. The summed E-state index contributed by atoms with van der Waals surface area (Å²) < 4.78 is 0.562. The Morgan fingerprint density at radius 2 is 0.886 bits per heavy atom. The molecule has 0 radical (unpaired) electrons. The van der Waals surface area contributed by atoms with Crippen molar-refractivity contribution < 1.29 is 0 Å². The fourth-order valence-electron chi connectivity index (χ4n) is 8.22. The van der Waals surface area contributed by atoms with Crippen LogP contribution in [0, 0.1) is 0 Å². The van der Waals surface area contributed by atoms with Gasteiger partial charge in [-0.2, -0.15) is 0 Å². The topological polar surface area (TPSA) is 0 Å². The maximum absolute atomic E-state index is 2.69. The third-order valence-corrected chi connectivity index (χ3v) is 44.9. The van der Waals surface area contributed by atoms with E-state index >= 15 is 0 Å². The van der Waals surface area contributed by atoms with Crippen molar-refractivity contribution in [1.82, 2.24) is 0 Å². The summed E-state index contributed by atoms with van der Waals surface area (Å²) in [7, 11) is -4.42. The van der Waals surface area contributed by atoms with E-state index in [1.165, 1.54) is 0 Å². The number of hydrogen-bond donors (Lipinski definition) is 0. The maximum atomic E-state index is 2.69. The van der Waals surface area contributed by atoms with Crippen LogP contribution in [0.2, 0.25) is 58.9 Å². The van der Waals surface area contributed by atoms with Gasteiger partial charge in [-0.15, -0.1) is 0 Å². The third-order valence-electron chi connectivity index (χ3n) is 8.53. The van der Waals surface area contributed by atoms with Crippen LogP contribution in [0.4, 0.5) is 0 Å². The molecule has 0 saturated carbocycles. The van der Waals surface area contributed by atoms with E-state index in [9.17, 15) is 0 Å². The van der Waals surface area contributed by atoms with Crippen molar-refractivity contribution in [1.29, 1.82) is 0 Å². The number of benzene rings is 3. The molecule has 0 aromatic heterocycles. The normalized spacial score (nSPS) is 21.6. The summed E-state index contributed by atoms with van der Waals surface area (Å²) in [5.74, 6) is 0.378. The average Bonchev–Trinajstić information content (AvgIpc) is 2.77. The van der Waals surface area contributed by atoms with Gasteiger partial charge >= 0.3 is 224 Å². The van der Waals surface area contributed by atoms with Gasteiger partial charge in [0.05, 0.1) is 0 Å². The molecule has 0 heterocycles. The Morgan fingerprint density at radius 3 is 1.20 bits per heavy atom. The summed E-state index contributed by atoms with van der Waals surface area (Å²) in [6.07, 6.45) is 0. The van der Waals surface area contributed by atoms with Crippen molar-refractivity contribution in [2.24, 2.45) is 0 Å². The number of hydrogen-bond acceptors (Lipinski definition) is 0. The molecule has 3 aliphatic carbocycles. The second kappa shape index (κ2) is 8.32. The van der Waals surface area contributed by atoms with Crippen LogP contribution in [0.15, 0.2) is 72.8 Å². The molecule has 6 rings (SSSR count). The summed E-state index contributed by atoms with van der Waals surface area (Å²) in [6.45, 7) is 26.0. The monoisotopic (exact) mass is 595 g/mol. The van der Waals surface area contributed by atoms with Crippen LogP contribution in [0.25, 0.3) is 0 Å². The van der Waals surface area contributed by atoms with Gasteiger partial charge in [-0.3, -0.25) is 0 Å². The molecule has 3 aromatic rings. The molecule has 0 aliphatic heterocycles. The van der Waals surface area contributed by atoms with Crippen LogP contribution in [0.1, 0.15) is 39.3 Å². The van der Waals surface area contributed by atoms with Crippen molar-refractivity contribution in [3.8, 4) is 0 Å². The zero-order chi connectivity index (χ0) is 25.4. The molecule has 2 bridgehead atoms. The van der Waals surface area contributed by atoms with E-state index in [0.717, 1.165) is 0 Å². The van der Waals surface area contributed by atoms with Gasteiger partial charge in [-0.25, -0.2) is 0 Å². The summed E-state index contributed by atoms with van der Waals surface area (Å²) in [4.78, 5) is 0. The van der Waals surface area contributed by atoms with Crippen LogP contribution < -0.4 is 0 Å². The first-order valence-corrected chi connectivity index (χ1v) is 27.4.